The SMILES string of the molecule is CSCCNC(=O)NC1(C(=O)O)CCOC1. The van der Waals surface area contributed by atoms with E-state index < -0.39 is 17.5 Å². The van der Waals surface area contributed by atoms with Crippen LogP contribution in [0.1, 0.15) is 6.42 Å². The van der Waals surface area contributed by atoms with Gasteiger partial charge in [-0.3, -0.25) is 0 Å². The molecule has 1 saturated heterocycles. The molecule has 0 aromatic heterocycles. The van der Waals surface area contributed by atoms with Gasteiger partial charge in [0.1, 0.15) is 0 Å². The molecule has 0 bridgehead atoms. The van der Waals surface area contributed by atoms with Crippen LogP contribution in [-0.2, 0) is 9.53 Å². The van der Waals surface area contributed by atoms with Gasteiger partial charge in [0.2, 0.25) is 0 Å². The number of carboxylic acid groups (broad SMARTS) is 1. The van der Waals surface area contributed by atoms with Crippen LogP contribution in [-0.4, -0.2) is 54.4 Å². The van der Waals surface area contributed by atoms with Crippen molar-refractivity contribution >= 4 is 23.8 Å². The highest BCUT2D eigenvalue weighted by atomic mass is 32.2. The standard InChI is InChI=1S/C9H16N2O4S/c1-16-5-3-10-8(14)11-9(7(12)13)2-4-15-6-9/h2-6H2,1H3,(H,12,13)(H2,10,11,14). The van der Waals surface area contributed by atoms with Crippen molar-refractivity contribution in [3.05, 3.63) is 0 Å². The van der Waals surface area contributed by atoms with Crippen LogP contribution in [0.25, 0.3) is 0 Å². The number of thioether (sulfide) groups is 1. The van der Waals surface area contributed by atoms with Gasteiger partial charge in [-0.1, -0.05) is 0 Å². The summed E-state index contributed by atoms with van der Waals surface area (Å²) in [6.45, 7) is 0.902. The first-order valence-corrected chi connectivity index (χ1v) is 6.36. The molecule has 16 heavy (non-hydrogen) atoms. The van der Waals surface area contributed by atoms with Gasteiger partial charge in [-0.15, -0.1) is 0 Å². The Morgan fingerprint density at radius 1 is 1.56 bits per heavy atom. The fourth-order valence-electron chi connectivity index (χ4n) is 1.41. The maximum Gasteiger partial charge on any atom is 0.332 e. The Bertz CT molecular complexity index is 266. The lowest BCUT2D eigenvalue weighted by Crippen LogP contribution is -2.57. The van der Waals surface area contributed by atoms with Gasteiger partial charge in [0.05, 0.1) is 6.61 Å². The molecule has 1 aliphatic rings. The van der Waals surface area contributed by atoms with Crippen molar-refractivity contribution in [3.8, 4) is 0 Å². The fraction of sp³-hybridized carbons (Fsp3) is 0.778. The molecule has 6 nitrogen and oxygen atoms in total. The van der Waals surface area contributed by atoms with E-state index in [4.69, 9.17) is 9.84 Å². The summed E-state index contributed by atoms with van der Waals surface area (Å²) in [7, 11) is 0. The van der Waals surface area contributed by atoms with Gasteiger partial charge in [0.15, 0.2) is 5.54 Å². The lowest BCUT2D eigenvalue weighted by atomic mass is 9.99. The van der Waals surface area contributed by atoms with Crippen molar-refractivity contribution in [2.24, 2.45) is 0 Å². The molecular weight excluding hydrogens is 232 g/mol. The van der Waals surface area contributed by atoms with Crippen LogP contribution >= 0.6 is 11.8 Å². The molecule has 1 atom stereocenters. The number of hydrogen-bond donors (Lipinski definition) is 3. The average molecular weight is 248 g/mol. The molecule has 1 unspecified atom stereocenters. The minimum absolute atomic E-state index is 0.0261. The highest BCUT2D eigenvalue weighted by molar-refractivity contribution is 7.98. The molecule has 92 valence electrons. The van der Waals surface area contributed by atoms with E-state index in [-0.39, 0.29) is 6.61 Å². The van der Waals surface area contributed by atoms with Crippen LogP contribution in [0.3, 0.4) is 0 Å². The van der Waals surface area contributed by atoms with E-state index in [0.717, 1.165) is 5.75 Å². The van der Waals surface area contributed by atoms with Crippen LogP contribution in [0.2, 0.25) is 0 Å². The quantitative estimate of drug-likeness (QED) is 0.591. The highest BCUT2D eigenvalue weighted by Crippen LogP contribution is 2.18. The van der Waals surface area contributed by atoms with Crippen molar-refractivity contribution in [2.75, 3.05) is 31.8 Å². The van der Waals surface area contributed by atoms with Crippen LogP contribution in [0.15, 0.2) is 0 Å². The van der Waals surface area contributed by atoms with Crippen LogP contribution < -0.4 is 10.6 Å². The number of rotatable bonds is 5. The Labute approximate surface area is 98.1 Å². The summed E-state index contributed by atoms with van der Waals surface area (Å²) in [4.78, 5) is 22.5. The largest absolute Gasteiger partial charge is 0.479 e. The van der Waals surface area contributed by atoms with Gasteiger partial charge in [-0.25, -0.2) is 9.59 Å². The van der Waals surface area contributed by atoms with Crippen molar-refractivity contribution in [1.29, 1.82) is 0 Å². The number of carbonyl (C=O) groups excluding carboxylic acids is 1. The summed E-state index contributed by atoms with van der Waals surface area (Å²) in [5.41, 5.74) is -1.26. The maximum absolute atomic E-state index is 11.4. The van der Waals surface area contributed by atoms with Gasteiger partial charge in [-0.2, -0.15) is 11.8 Å². The molecule has 7 heteroatoms. The zero-order chi connectivity index (χ0) is 12.0. The van der Waals surface area contributed by atoms with Gasteiger partial charge < -0.3 is 20.5 Å². The number of ether oxygens (including phenoxy) is 1. The monoisotopic (exact) mass is 248 g/mol. The second kappa shape index (κ2) is 5.95. The molecule has 1 rings (SSSR count). The number of hydrogen-bond acceptors (Lipinski definition) is 4. The van der Waals surface area contributed by atoms with Gasteiger partial charge in [0, 0.05) is 25.3 Å². The molecule has 3 N–H and O–H groups in total. The Morgan fingerprint density at radius 2 is 2.31 bits per heavy atom. The molecule has 1 fully saturated rings. The second-order valence-electron chi connectivity index (χ2n) is 3.56. The summed E-state index contributed by atoms with van der Waals surface area (Å²) in [5.74, 6) is -0.255. The smallest absolute Gasteiger partial charge is 0.332 e. The Morgan fingerprint density at radius 3 is 2.81 bits per heavy atom. The van der Waals surface area contributed by atoms with Crippen molar-refractivity contribution in [2.45, 2.75) is 12.0 Å². The van der Waals surface area contributed by atoms with Crippen LogP contribution in [0, 0.1) is 0 Å². The molecule has 1 aliphatic heterocycles. The normalized spacial score (nSPS) is 24.1. The molecule has 1 heterocycles. The zero-order valence-corrected chi connectivity index (χ0v) is 9.93. The summed E-state index contributed by atoms with van der Waals surface area (Å²) < 4.78 is 5.02. The predicted octanol–water partition coefficient (Wildman–Crippen LogP) is -0.108. The number of carbonyl (C=O) groups is 2. The van der Waals surface area contributed by atoms with Gasteiger partial charge >= 0.3 is 12.0 Å². The maximum atomic E-state index is 11.4. The lowest BCUT2D eigenvalue weighted by Gasteiger charge is -2.23. The van der Waals surface area contributed by atoms with E-state index >= 15 is 0 Å². The van der Waals surface area contributed by atoms with E-state index in [1.165, 1.54) is 0 Å². The third kappa shape index (κ3) is 3.28. The van der Waals surface area contributed by atoms with Gasteiger partial charge in [0.25, 0.3) is 0 Å². The molecule has 0 spiro atoms. The molecule has 0 aromatic carbocycles. The number of amides is 2. The molecule has 0 saturated carbocycles. The van der Waals surface area contributed by atoms with Crippen LogP contribution in [0.5, 0.6) is 0 Å². The molecule has 0 radical (unpaired) electrons. The van der Waals surface area contributed by atoms with Crippen molar-refractivity contribution < 1.29 is 19.4 Å². The number of urea groups is 1. The second-order valence-corrected chi connectivity index (χ2v) is 4.55. The van der Waals surface area contributed by atoms with E-state index in [0.29, 0.717) is 19.6 Å². The first-order valence-electron chi connectivity index (χ1n) is 4.97. The third-order valence-electron chi connectivity index (χ3n) is 2.38. The van der Waals surface area contributed by atoms with E-state index in [1.54, 1.807) is 11.8 Å². The summed E-state index contributed by atoms with van der Waals surface area (Å²) >= 11 is 1.61. The molecule has 2 amide bonds. The Kier molecular flexibility index (Phi) is 4.88. The summed E-state index contributed by atoms with van der Waals surface area (Å²) in [6, 6.07) is -0.457. The van der Waals surface area contributed by atoms with E-state index in [2.05, 4.69) is 10.6 Å². The minimum atomic E-state index is -1.26. The number of nitrogens with one attached hydrogen (secondary N) is 2. The van der Waals surface area contributed by atoms with E-state index in [1.807, 2.05) is 6.26 Å². The lowest BCUT2D eigenvalue weighted by molar-refractivity contribution is -0.144. The summed E-state index contributed by atoms with van der Waals surface area (Å²) in [5, 5.41) is 14.1. The molecule has 0 aliphatic carbocycles. The molecular formula is C9H16N2O4S. The van der Waals surface area contributed by atoms with Crippen LogP contribution in [0.4, 0.5) is 4.79 Å². The average Bonchev–Trinajstić information content (AvgIpc) is 2.68. The Balaban J connectivity index is 2.43. The zero-order valence-electron chi connectivity index (χ0n) is 9.12. The van der Waals surface area contributed by atoms with Crippen molar-refractivity contribution in [1.82, 2.24) is 10.6 Å². The van der Waals surface area contributed by atoms with E-state index in [9.17, 15) is 9.59 Å². The number of aliphatic carboxylic acids is 1. The summed E-state index contributed by atoms with van der Waals surface area (Å²) in [6.07, 6.45) is 2.24. The Hall–Kier alpha value is -0.950. The predicted molar refractivity (Wildman–Crippen MR) is 60.7 cm³/mol. The first-order chi connectivity index (χ1) is 7.60. The minimum Gasteiger partial charge on any atom is -0.479 e. The first kappa shape index (κ1) is 13.1. The molecule has 0 aromatic rings. The van der Waals surface area contributed by atoms with Crippen molar-refractivity contribution in [3.63, 3.8) is 0 Å². The topological polar surface area (TPSA) is 87.7 Å². The third-order valence-corrected chi connectivity index (χ3v) is 2.99. The number of carboxylic acids is 1. The van der Waals surface area contributed by atoms with Gasteiger partial charge in [-0.05, 0) is 6.26 Å². The highest BCUT2D eigenvalue weighted by Gasteiger charge is 2.43. The fourth-order valence-corrected chi connectivity index (χ4v) is 1.72.